The Kier molecular flexibility index (Phi) is 3.29. The zero-order valence-electron chi connectivity index (χ0n) is 12.8. The summed E-state index contributed by atoms with van der Waals surface area (Å²) in [6.07, 6.45) is 4.97. The minimum absolute atomic E-state index is 0.0263. The molecule has 4 rings (SSSR count). The lowest BCUT2D eigenvalue weighted by molar-refractivity contribution is 0.0676. The van der Waals surface area contributed by atoms with Crippen molar-refractivity contribution in [2.75, 3.05) is 25.0 Å². The highest BCUT2D eigenvalue weighted by atomic mass is 19.1. The molecule has 0 radical (unpaired) electrons. The number of nitrogens with one attached hydrogen (secondary N) is 1. The number of para-hydroxylation sites is 1. The highest BCUT2D eigenvalue weighted by Crippen LogP contribution is 2.44. The summed E-state index contributed by atoms with van der Waals surface area (Å²) in [4.78, 5) is 18.4. The molecule has 118 valence electrons. The summed E-state index contributed by atoms with van der Waals surface area (Å²) in [6.45, 7) is 2.12. The Morgan fingerprint density at radius 2 is 2.04 bits per heavy atom. The number of rotatable bonds is 1. The molecule has 1 aromatic carbocycles. The van der Waals surface area contributed by atoms with Crippen molar-refractivity contribution < 1.29 is 9.18 Å². The van der Waals surface area contributed by atoms with Crippen molar-refractivity contribution in [3.05, 3.63) is 59.7 Å². The molecule has 1 N–H and O–H groups in total. The quantitative estimate of drug-likeness (QED) is 0.881. The van der Waals surface area contributed by atoms with E-state index in [1.54, 1.807) is 30.6 Å². The van der Waals surface area contributed by atoms with E-state index in [0.29, 0.717) is 24.3 Å². The van der Waals surface area contributed by atoms with Gasteiger partial charge in [0, 0.05) is 37.4 Å². The molecule has 4 nitrogen and oxygen atoms in total. The van der Waals surface area contributed by atoms with Gasteiger partial charge in [-0.05, 0) is 36.6 Å². The van der Waals surface area contributed by atoms with Crippen LogP contribution in [0.15, 0.2) is 42.7 Å². The van der Waals surface area contributed by atoms with Crippen LogP contribution < -0.4 is 5.32 Å². The van der Waals surface area contributed by atoms with Crippen LogP contribution in [0.2, 0.25) is 0 Å². The number of hydrogen-bond acceptors (Lipinski definition) is 3. The number of likely N-dealkylation sites (tertiary alicyclic amines) is 1. The van der Waals surface area contributed by atoms with Crippen molar-refractivity contribution in [3.8, 4) is 0 Å². The minimum atomic E-state index is -0.187. The summed E-state index contributed by atoms with van der Waals surface area (Å²) in [6, 6.07) is 8.85. The first-order valence-electron chi connectivity index (χ1n) is 7.92. The van der Waals surface area contributed by atoms with Gasteiger partial charge >= 0.3 is 0 Å². The lowest BCUT2D eigenvalue weighted by Crippen LogP contribution is -2.46. The molecule has 1 aromatic heterocycles. The van der Waals surface area contributed by atoms with Gasteiger partial charge in [0.25, 0.3) is 5.91 Å². The summed E-state index contributed by atoms with van der Waals surface area (Å²) in [5.74, 6) is -0.161. The average molecular weight is 311 g/mol. The first-order valence-corrected chi connectivity index (χ1v) is 7.92. The lowest BCUT2D eigenvalue weighted by atomic mass is 9.74. The maximum absolute atomic E-state index is 13.9. The third-order valence-corrected chi connectivity index (χ3v) is 5.10. The molecule has 0 atom stereocenters. The van der Waals surface area contributed by atoms with Crippen LogP contribution in [0.3, 0.4) is 0 Å². The van der Waals surface area contributed by atoms with Gasteiger partial charge in [-0.15, -0.1) is 0 Å². The van der Waals surface area contributed by atoms with Crippen LogP contribution in [0, 0.1) is 5.82 Å². The Morgan fingerprint density at radius 3 is 2.78 bits per heavy atom. The molecule has 1 saturated heterocycles. The number of pyridine rings is 1. The fourth-order valence-electron chi connectivity index (χ4n) is 3.75. The van der Waals surface area contributed by atoms with Gasteiger partial charge in [-0.25, -0.2) is 4.39 Å². The molecule has 1 spiro atoms. The molecular formula is C18H18FN3O. The molecule has 0 unspecified atom stereocenters. The van der Waals surface area contributed by atoms with Crippen LogP contribution in [0.4, 0.5) is 10.1 Å². The van der Waals surface area contributed by atoms with Crippen LogP contribution in [0.1, 0.15) is 28.8 Å². The van der Waals surface area contributed by atoms with E-state index in [0.717, 1.165) is 24.9 Å². The number of halogens is 1. The molecule has 2 aromatic rings. The zero-order valence-corrected chi connectivity index (χ0v) is 12.8. The fraction of sp³-hybridized carbons (Fsp3) is 0.333. The number of carbonyl (C=O) groups is 1. The Balaban J connectivity index is 1.53. The second-order valence-corrected chi connectivity index (χ2v) is 6.33. The molecule has 2 aliphatic heterocycles. The predicted molar refractivity (Wildman–Crippen MR) is 85.9 cm³/mol. The summed E-state index contributed by atoms with van der Waals surface area (Å²) < 4.78 is 13.9. The maximum atomic E-state index is 13.9. The van der Waals surface area contributed by atoms with Crippen molar-refractivity contribution >= 4 is 11.6 Å². The first-order chi connectivity index (χ1) is 11.2. The van der Waals surface area contributed by atoms with Gasteiger partial charge in [0.2, 0.25) is 0 Å². The fourth-order valence-corrected chi connectivity index (χ4v) is 3.75. The SMILES string of the molecule is O=C(c1cccnc1)N1CCC2(CC1)CNc1c(F)cccc12. The summed E-state index contributed by atoms with van der Waals surface area (Å²) in [7, 11) is 0. The van der Waals surface area contributed by atoms with Crippen molar-refractivity contribution in [3.63, 3.8) is 0 Å². The monoisotopic (exact) mass is 311 g/mol. The van der Waals surface area contributed by atoms with Crippen LogP contribution in [-0.4, -0.2) is 35.4 Å². The number of anilines is 1. The number of benzene rings is 1. The number of amides is 1. The highest BCUT2D eigenvalue weighted by Gasteiger charge is 2.43. The standard InChI is InChI=1S/C18H18FN3O/c19-15-5-1-4-14-16(15)21-12-18(14)6-9-22(10-7-18)17(23)13-3-2-8-20-11-13/h1-5,8,11,21H,6-7,9-10,12H2. The average Bonchev–Trinajstić information content (AvgIpc) is 2.96. The number of aromatic nitrogens is 1. The number of carbonyl (C=O) groups excluding carboxylic acids is 1. The van der Waals surface area contributed by atoms with E-state index in [9.17, 15) is 9.18 Å². The summed E-state index contributed by atoms with van der Waals surface area (Å²) in [5.41, 5.74) is 2.27. The smallest absolute Gasteiger partial charge is 0.255 e. The number of fused-ring (bicyclic) bond motifs is 2. The van der Waals surface area contributed by atoms with E-state index in [1.807, 2.05) is 11.0 Å². The van der Waals surface area contributed by atoms with Gasteiger partial charge < -0.3 is 10.2 Å². The van der Waals surface area contributed by atoms with Crippen molar-refractivity contribution in [1.29, 1.82) is 0 Å². The molecule has 3 heterocycles. The van der Waals surface area contributed by atoms with Gasteiger partial charge in [-0.2, -0.15) is 0 Å². The molecule has 1 amide bonds. The van der Waals surface area contributed by atoms with Crippen LogP contribution in [0.5, 0.6) is 0 Å². The third-order valence-electron chi connectivity index (χ3n) is 5.10. The molecule has 0 bridgehead atoms. The Morgan fingerprint density at radius 1 is 1.22 bits per heavy atom. The van der Waals surface area contributed by atoms with Gasteiger partial charge in [-0.1, -0.05) is 12.1 Å². The molecule has 2 aliphatic rings. The third kappa shape index (κ3) is 2.27. The molecular weight excluding hydrogens is 293 g/mol. The normalized spacial score (nSPS) is 18.6. The Hall–Kier alpha value is -2.43. The van der Waals surface area contributed by atoms with E-state index in [1.165, 1.54) is 6.07 Å². The molecule has 1 fully saturated rings. The van der Waals surface area contributed by atoms with Crippen molar-refractivity contribution in [2.45, 2.75) is 18.3 Å². The van der Waals surface area contributed by atoms with E-state index >= 15 is 0 Å². The van der Waals surface area contributed by atoms with Crippen LogP contribution >= 0.6 is 0 Å². The molecule has 0 saturated carbocycles. The van der Waals surface area contributed by atoms with Crippen molar-refractivity contribution in [2.24, 2.45) is 0 Å². The predicted octanol–water partition coefficient (Wildman–Crippen LogP) is 2.82. The van der Waals surface area contributed by atoms with Crippen molar-refractivity contribution in [1.82, 2.24) is 9.88 Å². The van der Waals surface area contributed by atoms with E-state index in [4.69, 9.17) is 0 Å². The second-order valence-electron chi connectivity index (χ2n) is 6.33. The Bertz CT molecular complexity index is 739. The summed E-state index contributed by atoms with van der Waals surface area (Å²) >= 11 is 0. The van der Waals surface area contributed by atoms with Crippen LogP contribution in [-0.2, 0) is 5.41 Å². The minimum Gasteiger partial charge on any atom is -0.382 e. The van der Waals surface area contributed by atoms with E-state index in [-0.39, 0.29) is 17.1 Å². The van der Waals surface area contributed by atoms with Gasteiger partial charge in [0.15, 0.2) is 0 Å². The Labute approximate surface area is 134 Å². The highest BCUT2D eigenvalue weighted by molar-refractivity contribution is 5.94. The lowest BCUT2D eigenvalue weighted by Gasteiger charge is -2.39. The molecule has 0 aliphatic carbocycles. The van der Waals surface area contributed by atoms with Gasteiger partial charge in [0.05, 0.1) is 11.3 Å². The van der Waals surface area contributed by atoms with Gasteiger partial charge in [-0.3, -0.25) is 9.78 Å². The first kappa shape index (κ1) is 14.2. The number of hydrogen-bond donors (Lipinski definition) is 1. The second kappa shape index (κ2) is 5.33. The maximum Gasteiger partial charge on any atom is 0.255 e. The number of piperidine rings is 1. The largest absolute Gasteiger partial charge is 0.382 e. The summed E-state index contributed by atoms with van der Waals surface area (Å²) in [5, 5.41) is 3.22. The number of nitrogens with zero attached hydrogens (tertiary/aromatic N) is 2. The molecule has 5 heteroatoms. The van der Waals surface area contributed by atoms with E-state index < -0.39 is 0 Å². The zero-order chi connectivity index (χ0) is 15.9. The molecule has 23 heavy (non-hydrogen) atoms. The van der Waals surface area contributed by atoms with Gasteiger partial charge in [0.1, 0.15) is 5.82 Å². The van der Waals surface area contributed by atoms with Crippen LogP contribution in [0.25, 0.3) is 0 Å². The topological polar surface area (TPSA) is 45.2 Å². The van der Waals surface area contributed by atoms with E-state index in [2.05, 4.69) is 10.3 Å².